The van der Waals surface area contributed by atoms with E-state index in [-0.39, 0.29) is 0 Å². The lowest BCUT2D eigenvalue weighted by atomic mass is 10.0. The fourth-order valence-electron chi connectivity index (χ4n) is 1.85. The summed E-state index contributed by atoms with van der Waals surface area (Å²) in [6, 6.07) is 5.51. The Morgan fingerprint density at radius 2 is 2.24 bits per heavy atom. The van der Waals surface area contributed by atoms with Crippen LogP contribution in [0, 0.1) is 5.92 Å². The van der Waals surface area contributed by atoms with E-state index in [1.807, 2.05) is 12.1 Å². The van der Waals surface area contributed by atoms with Crippen LogP contribution >= 0.6 is 11.6 Å². The number of hydrogen-bond acceptors (Lipinski definition) is 3. The fraction of sp³-hybridized carbons (Fsp3) is 0.462. The molecule has 1 aromatic heterocycles. The average molecular weight is 253 g/mol. The van der Waals surface area contributed by atoms with Crippen LogP contribution in [-0.2, 0) is 6.42 Å². The van der Waals surface area contributed by atoms with Crippen molar-refractivity contribution in [3.05, 3.63) is 29.1 Å². The van der Waals surface area contributed by atoms with Crippen molar-refractivity contribution in [3.8, 4) is 0 Å². The summed E-state index contributed by atoms with van der Waals surface area (Å²) in [5.74, 6) is 1.39. The van der Waals surface area contributed by atoms with E-state index in [1.165, 1.54) is 0 Å². The quantitative estimate of drug-likeness (QED) is 0.887. The molecule has 0 radical (unpaired) electrons. The van der Waals surface area contributed by atoms with Gasteiger partial charge < -0.3 is 10.2 Å². The molecule has 0 saturated heterocycles. The Hall–Kier alpha value is -1.06. The molecule has 0 aliphatic carbocycles. The zero-order chi connectivity index (χ0) is 12.3. The fourth-order valence-corrected chi connectivity index (χ4v) is 2.01. The minimum Gasteiger partial charge on any atom is -0.441 e. The van der Waals surface area contributed by atoms with E-state index in [0.29, 0.717) is 10.9 Å². The molecule has 4 heteroatoms. The van der Waals surface area contributed by atoms with Crippen LogP contribution in [0.4, 0.5) is 0 Å². The van der Waals surface area contributed by atoms with E-state index in [1.54, 1.807) is 6.07 Å². The Morgan fingerprint density at radius 1 is 1.41 bits per heavy atom. The van der Waals surface area contributed by atoms with E-state index in [0.717, 1.165) is 42.8 Å². The number of nitrogens with two attached hydrogens (primary N) is 1. The summed E-state index contributed by atoms with van der Waals surface area (Å²) in [6.45, 7) is 2.94. The monoisotopic (exact) mass is 252 g/mol. The molecule has 0 spiro atoms. The first-order valence-corrected chi connectivity index (χ1v) is 6.32. The number of benzene rings is 1. The van der Waals surface area contributed by atoms with Crippen LogP contribution < -0.4 is 5.73 Å². The standard InChI is InChI=1S/C13H17ClN2O/c1-9(6-7-15)2-5-13-16-11-4-3-10(14)8-12(11)17-13/h3-4,8-9H,2,5-7,15H2,1H3. The van der Waals surface area contributed by atoms with Gasteiger partial charge in [-0.3, -0.25) is 0 Å². The molecule has 2 rings (SSSR count). The molecule has 0 saturated carbocycles. The van der Waals surface area contributed by atoms with Crippen LogP contribution in [0.2, 0.25) is 5.02 Å². The lowest BCUT2D eigenvalue weighted by Gasteiger charge is -2.06. The van der Waals surface area contributed by atoms with Crippen molar-refractivity contribution >= 4 is 22.7 Å². The first-order valence-electron chi connectivity index (χ1n) is 5.94. The van der Waals surface area contributed by atoms with Gasteiger partial charge >= 0.3 is 0 Å². The van der Waals surface area contributed by atoms with Gasteiger partial charge in [0.25, 0.3) is 0 Å². The zero-order valence-corrected chi connectivity index (χ0v) is 10.7. The van der Waals surface area contributed by atoms with Gasteiger partial charge in [0.1, 0.15) is 5.52 Å². The van der Waals surface area contributed by atoms with Gasteiger partial charge in [-0.2, -0.15) is 0 Å². The van der Waals surface area contributed by atoms with Gasteiger partial charge in [-0.25, -0.2) is 4.98 Å². The van der Waals surface area contributed by atoms with E-state index < -0.39 is 0 Å². The van der Waals surface area contributed by atoms with Crippen molar-refractivity contribution in [1.29, 1.82) is 0 Å². The molecule has 1 atom stereocenters. The molecule has 3 nitrogen and oxygen atoms in total. The molecule has 0 fully saturated rings. The highest BCUT2D eigenvalue weighted by atomic mass is 35.5. The molecule has 2 aromatic rings. The van der Waals surface area contributed by atoms with Gasteiger partial charge in [0.15, 0.2) is 11.5 Å². The second-order valence-corrected chi connectivity index (χ2v) is 4.88. The van der Waals surface area contributed by atoms with Crippen molar-refractivity contribution in [3.63, 3.8) is 0 Å². The van der Waals surface area contributed by atoms with Crippen LogP contribution in [-0.4, -0.2) is 11.5 Å². The summed E-state index contributed by atoms with van der Waals surface area (Å²) in [4.78, 5) is 4.43. The third-order valence-electron chi connectivity index (χ3n) is 2.91. The van der Waals surface area contributed by atoms with Gasteiger partial charge in [0.05, 0.1) is 0 Å². The summed E-state index contributed by atoms with van der Waals surface area (Å²) >= 11 is 5.90. The molecule has 92 valence electrons. The summed E-state index contributed by atoms with van der Waals surface area (Å²) in [5, 5.41) is 0.677. The van der Waals surface area contributed by atoms with Crippen molar-refractivity contribution in [2.75, 3.05) is 6.54 Å². The molecule has 0 aliphatic rings. The van der Waals surface area contributed by atoms with Gasteiger partial charge in [0.2, 0.25) is 0 Å². The number of aromatic nitrogens is 1. The molecular formula is C13H17ClN2O. The van der Waals surface area contributed by atoms with Crippen molar-refractivity contribution in [2.45, 2.75) is 26.2 Å². The van der Waals surface area contributed by atoms with Crippen molar-refractivity contribution in [2.24, 2.45) is 11.7 Å². The highest BCUT2D eigenvalue weighted by Gasteiger charge is 2.08. The number of oxazole rings is 1. The topological polar surface area (TPSA) is 52.0 Å². The highest BCUT2D eigenvalue weighted by Crippen LogP contribution is 2.21. The molecule has 1 unspecified atom stereocenters. The second-order valence-electron chi connectivity index (χ2n) is 4.44. The minimum absolute atomic E-state index is 0.610. The number of rotatable bonds is 5. The maximum absolute atomic E-state index is 5.90. The zero-order valence-electron chi connectivity index (χ0n) is 9.95. The second kappa shape index (κ2) is 5.52. The Balaban J connectivity index is 2.04. The Morgan fingerprint density at radius 3 is 3.00 bits per heavy atom. The predicted octanol–water partition coefficient (Wildman–Crippen LogP) is 3.40. The molecule has 0 bridgehead atoms. The van der Waals surface area contributed by atoms with E-state index in [9.17, 15) is 0 Å². The summed E-state index contributed by atoms with van der Waals surface area (Å²) in [5.41, 5.74) is 7.16. The van der Waals surface area contributed by atoms with Gasteiger partial charge in [0, 0.05) is 17.5 Å². The third kappa shape index (κ3) is 3.20. The predicted molar refractivity (Wildman–Crippen MR) is 70.2 cm³/mol. The number of aryl methyl sites for hydroxylation is 1. The number of fused-ring (bicyclic) bond motifs is 1. The van der Waals surface area contributed by atoms with Gasteiger partial charge in [-0.1, -0.05) is 18.5 Å². The van der Waals surface area contributed by atoms with Crippen molar-refractivity contribution < 1.29 is 4.42 Å². The van der Waals surface area contributed by atoms with Gasteiger partial charge in [-0.05, 0) is 37.4 Å². The number of halogens is 1. The van der Waals surface area contributed by atoms with Crippen LogP contribution in [0.3, 0.4) is 0 Å². The minimum atomic E-state index is 0.610. The molecule has 1 heterocycles. The lowest BCUT2D eigenvalue weighted by Crippen LogP contribution is -2.06. The molecule has 0 amide bonds. The van der Waals surface area contributed by atoms with Crippen LogP contribution in [0.5, 0.6) is 0 Å². The van der Waals surface area contributed by atoms with Crippen LogP contribution in [0.25, 0.3) is 11.1 Å². The molecule has 17 heavy (non-hydrogen) atoms. The first kappa shape index (κ1) is 12.4. The molecular weight excluding hydrogens is 236 g/mol. The molecule has 0 aliphatic heterocycles. The maximum Gasteiger partial charge on any atom is 0.195 e. The third-order valence-corrected chi connectivity index (χ3v) is 3.14. The number of nitrogens with zero attached hydrogens (tertiary/aromatic N) is 1. The van der Waals surface area contributed by atoms with Crippen LogP contribution in [0.15, 0.2) is 22.6 Å². The summed E-state index contributed by atoms with van der Waals surface area (Å²) < 4.78 is 5.65. The highest BCUT2D eigenvalue weighted by molar-refractivity contribution is 6.31. The SMILES string of the molecule is CC(CCN)CCc1nc2ccc(Cl)cc2o1. The van der Waals surface area contributed by atoms with E-state index in [4.69, 9.17) is 21.8 Å². The van der Waals surface area contributed by atoms with E-state index >= 15 is 0 Å². The number of hydrogen-bond donors (Lipinski definition) is 1. The molecule has 1 aromatic carbocycles. The Labute approximate surface area is 106 Å². The van der Waals surface area contributed by atoms with E-state index in [2.05, 4.69) is 11.9 Å². The smallest absolute Gasteiger partial charge is 0.195 e. The first-order chi connectivity index (χ1) is 8.19. The Kier molecular flexibility index (Phi) is 4.02. The summed E-state index contributed by atoms with van der Waals surface area (Å²) in [6.07, 6.45) is 2.96. The van der Waals surface area contributed by atoms with Gasteiger partial charge in [-0.15, -0.1) is 0 Å². The largest absolute Gasteiger partial charge is 0.441 e. The maximum atomic E-state index is 5.90. The Bertz CT molecular complexity index is 495. The summed E-state index contributed by atoms with van der Waals surface area (Å²) in [7, 11) is 0. The van der Waals surface area contributed by atoms with Crippen LogP contribution in [0.1, 0.15) is 25.7 Å². The normalized spacial score (nSPS) is 13.1. The average Bonchev–Trinajstić information content (AvgIpc) is 2.68. The van der Waals surface area contributed by atoms with Crippen molar-refractivity contribution in [1.82, 2.24) is 4.98 Å². The molecule has 2 N–H and O–H groups in total. The lowest BCUT2D eigenvalue weighted by molar-refractivity contribution is 0.451.